The first-order valence-corrected chi connectivity index (χ1v) is 7.62. The summed E-state index contributed by atoms with van der Waals surface area (Å²) in [5.41, 5.74) is 5.26. The van der Waals surface area contributed by atoms with Gasteiger partial charge in [0.25, 0.3) is 0 Å². The second kappa shape index (κ2) is 6.34. The Morgan fingerprint density at radius 1 is 1.56 bits per heavy atom. The van der Waals surface area contributed by atoms with Crippen LogP contribution in [0.4, 0.5) is 0 Å². The number of hydrogen-bond donors (Lipinski definition) is 2. The molecule has 1 aliphatic rings. The van der Waals surface area contributed by atoms with Crippen molar-refractivity contribution in [3.8, 4) is 0 Å². The number of primary amides is 1. The lowest BCUT2D eigenvalue weighted by Crippen LogP contribution is -2.36. The van der Waals surface area contributed by atoms with Crippen molar-refractivity contribution in [3.63, 3.8) is 0 Å². The molecule has 100 valence electrons. The molecule has 1 saturated carbocycles. The van der Waals surface area contributed by atoms with Crippen LogP contribution in [0.25, 0.3) is 0 Å². The van der Waals surface area contributed by atoms with Crippen LogP contribution in [0.3, 0.4) is 0 Å². The summed E-state index contributed by atoms with van der Waals surface area (Å²) >= 11 is 1.80. The zero-order valence-electron chi connectivity index (χ0n) is 10.9. The molecule has 3 N–H and O–H groups in total. The van der Waals surface area contributed by atoms with Gasteiger partial charge in [0.2, 0.25) is 5.91 Å². The number of carbonyl (C=O) groups excluding carboxylic acids is 1. The number of thiophene rings is 1. The van der Waals surface area contributed by atoms with Crippen molar-refractivity contribution in [3.05, 3.63) is 22.4 Å². The lowest BCUT2D eigenvalue weighted by molar-refractivity contribution is -0.118. The minimum absolute atomic E-state index is 0.148. The third-order valence-electron chi connectivity index (χ3n) is 3.69. The van der Waals surface area contributed by atoms with Gasteiger partial charge in [-0.25, -0.2) is 0 Å². The Balaban J connectivity index is 2.02. The molecule has 1 heterocycles. The molecule has 1 aromatic rings. The van der Waals surface area contributed by atoms with E-state index in [-0.39, 0.29) is 11.9 Å². The number of carbonyl (C=O) groups is 1. The molecule has 0 aliphatic heterocycles. The van der Waals surface area contributed by atoms with Crippen LogP contribution in [0.5, 0.6) is 0 Å². The van der Waals surface area contributed by atoms with Crippen LogP contribution in [0, 0.1) is 5.92 Å². The van der Waals surface area contributed by atoms with Gasteiger partial charge in [0.1, 0.15) is 0 Å². The molecular formula is C14H22N2OS. The van der Waals surface area contributed by atoms with Crippen LogP contribution in [0.2, 0.25) is 0 Å². The number of rotatable bonds is 6. The fourth-order valence-electron chi connectivity index (χ4n) is 2.88. The third-order valence-corrected chi connectivity index (χ3v) is 4.65. The standard InChI is InChI=1S/C14H22N2OS/c1-10(9-13(15)17)16-14(11-5-2-3-6-11)12-7-4-8-18-12/h4,7-8,10-11,14,16H,2-3,5-6,9H2,1H3,(H2,15,17). The van der Waals surface area contributed by atoms with Crippen LogP contribution in [-0.4, -0.2) is 11.9 Å². The lowest BCUT2D eigenvalue weighted by Gasteiger charge is -2.27. The zero-order chi connectivity index (χ0) is 13.0. The van der Waals surface area contributed by atoms with E-state index >= 15 is 0 Å². The summed E-state index contributed by atoms with van der Waals surface area (Å²) in [5.74, 6) is 0.477. The molecule has 0 saturated heterocycles. The molecule has 4 heteroatoms. The molecule has 18 heavy (non-hydrogen) atoms. The molecule has 0 spiro atoms. The Kier molecular flexibility index (Phi) is 4.78. The Morgan fingerprint density at radius 2 is 2.28 bits per heavy atom. The molecule has 1 aliphatic carbocycles. The van der Waals surface area contributed by atoms with E-state index in [0.29, 0.717) is 18.4 Å². The Labute approximate surface area is 113 Å². The molecule has 2 unspecified atom stereocenters. The van der Waals surface area contributed by atoms with E-state index in [1.165, 1.54) is 30.6 Å². The summed E-state index contributed by atoms with van der Waals surface area (Å²) in [4.78, 5) is 12.4. The topological polar surface area (TPSA) is 55.1 Å². The van der Waals surface area contributed by atoms with Gasteiger partial charge >= 0.3 is 0 Å². The summed E-state index contributed by atoms with van der Waals surface area (Å²) in [7, 11) is 0. The van der Waals surface area contributed by atoms with Crippen molar-refractivity contribution in [2.24, 2.45) is 11.7 Å². The van der Waals surface area contributed by atoms with Gasteiger partial charge in [0, 0.05) is 23.4 Å². The van der Waals surface area contributed by atoms with Crippen molar-refractivity contribution >= 4 is 17.2 Å². The van der Waals surface area contributed by atoms with E-state index in [2.05, 4.69) is 22.8 Å². The number of nitrogens with one attached hydrogen (secondary N) is 1. The average molecular weight is 266 g/mol. The largest absolute Gasteiger partial charge is 0.370 e. The predicted octanol–water partition coefficient (Wildman–Crippen LogP) is 2.83. The second-order valence-corrected chi connectivity index (χ2v) is 6.26. The van der Waals surface area contributed by atoms with Gasteiger partial charge in [0.05, 0.1) is 0 Å². The molecule has 0 aromatic carbocycles. The average Bonchev–Trinajstić information content (AvgIpc) is 2.98. The maximum absolute atomic E-state index is 11.0. The first-order chi connectivity index (χ1) is 8.66. The van der Waals surface area contributed by atoms with Crippen molar-refractivity contribution < 1.29 is 4.79 Å². The van der Waals surface area contributed by atoms with Crippen LogP contribution < -0.4 is 11.1 Å². The van der Waals surface area contributed by atoms with Gasteiger partial charge in [-0.2, -0.15) is 0 Å². The van der Waals surface area contributed by atoms with Crippen molar-refractivity contribution in [1.29, 1.82) is 0 Å². The summed E-state index contributed by atoms with van der Waals surface area (Å²) in [6, 6.07) is 4.83. The van der Waals surface area contributed by atoms with Crippen molar-refractivity contribution in [2.45, 2.75) is 51.1 Å². The van der Waals surface area contributed by atoms with Crippen molar-refractivity contribution in [1.82, 2.24) is 5.32 Å². The molecule has 1 amide bonds. The maximum Gasteiger partial charge on any atom is 0.218 e. The number of amides is 1. The van der Waals surface area contributed by atoms with Gasteiger partial charge in [-0.15, -0.1) is 11.3 Å². The maximum atomic E-state index is 11.0. The van der Waals surface area contributed by atoms with Crippen LogP contribution in [-0.2, 0) is 4.79 Å². The fourth-order valence-corrected chi connectivity index (χ4v) is 3.76. The summed E-state index contributed by atoms with van der Waals surface area (Å²) in [6.45, 7) is 2.04. The van der Waals surface area contributed by atoms with E-state index in [9.17, 15) is 4.79 Å². The molecule has 1 fully saturated rings. The summed E-state index contributed by atoms with van der Waals surface area (Å²) in [5, 5.41) is 5.72. The normalized spacial score (nSPS) is 19.8. The number of hydrogen-bond acceptors (Lipinski definition) is 3. The van der Waals surface area contributed by atoms with Crippen LogP contribution in [0.1, 0.15) is 49.9 Å². The lowest BCUT2D eigenvalue weighted by atomic mass is 9.95. The van der Waals surface area contributed by atoms with Crippen molar-refractivity contribution in [2.75, 3.05) is 0 Å². The Hall–Kier alpha value is -0.870. The molecule has 3 nitrogen and oxygen atoms in total. The molecule has 1 aromatic heterocycles. The quantitative estimate of drug-likeness (QED) is 0.832. The Bertz CT molecular complexity index is 371. The highest BCUT2D eigenvalue weighted by Gasteiger charge is 2.28. The third kappa shape index (κ3) is 3.56. The molecular weight excluding hydrogens is 244 g/mol. The SMILES string of the molecule is CC(CC(N)=O)NC(c1cccs1)C1CCCC1. The minimum Gasteiger partial charge on any atom is -0.370 e. The van der Waals surface area contributed by atoms with E-state index < -0.39 is 0 Å². The van der Waals surface area contributed by atoms with Gasteiger partial charge in [-0.05, 0) is 37.1 Å². The highest BCUT2D eigenvalue weighted by Crippen LogP contribution is 2.37. The summed E-state index contributed by atoms with van der Waals surface area (Å²) in [6.07, 6.45) is 5.66. The van der Waals surface area contributed by atoms with Gasteiger partial charge < -0.3 is 11.1 Å². The van der Waals surface area contributed by atoms with E-state index in [4.69, 9.17) is 5.73 Å². The molecule has 0 radical (unpaired) electrons. The minimum atomic E-state index is -0.230. The van der Waals surface area contributed by atoms with Crippen LogP contribution in [0.15, 0.2) is 17.5 Å². The highest BCUT2D eigenvalue weighted by molar-refractivity contribution is 7.10. The first kappa shape index (κ1) is 13.6. The molecule has 0 bridgehead atoms. The van der Waals surface area contributed by atoms with Gasteiger partial charge in [-0.3, -0.25) is 4.79 Å². The fraction of sp³-hybridized carbons (Fsp3) is 0.643. The van der Waals surface area contributed by atoms with Crippen LogP contribution >= 0.6 is 11.3 Å². The first-order valence-electron chi connectivity index (χ1n) is 6.74. The highest BCUT2D eigenvalue weighted by atomic mass is 32.1. The van der Waals surface area contributed by atoms with Gasteiger partial charge in [-0.1, -0.05) is 18.9 Å². The zero-order valence-corrected chi connectivity index (χ0v) is 11.7. The Morgan fingerprint density at radius 3 is 2.83 bits per heavy atom. The molecule has 2 atom stereocenters. The molecule has 2 rings (SSSR count). The smallest absolute Gasteiger partial charge is 0.218 e. The van der Waals surface area contributed by atoms with E-state index in [1.54, 1.807) is 11.3 Å². The van der Waals surface area contributed by atoms with Gasteiger partial charge in [0.15, 0.2) is 0 Å². The number of nitrogens with two attached hydrogens (primary N) is 1. The summed E-state index contributed by atoms with van der Waals surface area (Å²) < 4.78 is 0. The second-order valence-electron chi connectivity index (χ2n) is 5.28. The van der Waals surface area contributed by atoms with E-state index in [0.717, 1.165) is 0 Å². The predicted molar refractivity (Wildman–Crippen MR) is 75.4 cm³/mol. The van der Waals surface area contributed by atoms with E-state index in [1.807, 2.05) is 6.92 Å². The monoisotopic (exact) mass is 266 g/mol.